The highest BCUT2D eigenvalue weighted by Crippen LogP contribution is 2.26. The van der Waals surface area contributed by atoms with Crippen LogP contribution in [0.4, 0.5) is 11.4 Å². The van der Waals surface area contributed by atoms with E-state index in [1.165, 1.54) is 21.0 Å². The number of carbonyl (C=O) groups excluding carboxylic acids is 2. The fourth-order valence-electron chi connectivity index (χ4n) is 2.15. The SMILES string of the molecule is COC(=O)CCN(C(=O)c1cc([N+](=O)[O-])cc([N+](=O)[O-])c1)C(C)(C)CO. The lowest BCUT2D eigenvalue weighted by Crippen LogP contribution is -2.51. The Morgan fingerprint density at radius 1 is 1.15 bits per heavy atom. The first-order valence-electron chi connectivity index (χ1n) is 7.47. The molecule has 0 saturated heterocycles. The quantitative estimate of drug-likeness (QED) is 0.408. The van der Waals surface area contributed by atoms with Crippen molar-refractivity contribution in [3.05, 3.63) is 44.0 Å². The number of ether oxygens (including phenoxy) is 1. The van der Waals surface area contributed by atoms with E-state index < -0.39 is 45.2 Å². The van der Waals surface area contributed by atoms with Crippen LogP contribution in [-0.4, -0.2) is 57.5 Å². The molecule has 0 radical (unpaired) electrons. The minimum absolute atomic E-state index is 0.143. The van der Waals surface area contributed by atoms with Crippen molar-refractivity contribution in [2.75, 3.05) is 20.3 Å². The van der Waals surface area contributed by atoms with E-state index >= 15 is 0 Å². The highest BCUT2D eigenvalue weighted by Gasteiger charge is 2.33. The van der Waals surface area contributed by atoms with Crippen molar-refractivity contribution < 1.29 is 29.3 Å². The van der Waals surface area contributed by atoms with Crippen LogP contribution < -0.4 is 0 Å². The largest absolute Gasteiger partial charge is 0.469 e. The Hall–Kier alpha value is -3.08. The third-order valence-corrected chi connectivity index (χ3v) is 3.70. The topological polar surface area (TPSA) is 153 Å². The number of aliphatic hydroxyl groups excluding tert-OH is 1. The zero-order valence-electron chi connectivity index (χ0n) is 14.5. The van der Waals surface area contributed by atoms with Crippen LogP contribution in [0.25, 0.3) is 0 Å². The standard InChI is InChI=1S/C15H19N3O8/c1-15(2,9-19)16(5-4-13(20)26-3)14(21)10-6-11(17(22)23)8-12(7-10)18(24)25/h6-8,19H,4-5,9H2,1-3H3. The van der Waals surface area contributed by atoms with Crippen molar-refractivity contribution in [3.8, 4) is 0 Å². The van der Waals surface area contributed by atoms with Crippen molar-refractivity contribution in [1.29, 1.82) is 0 Å². The fourth-order valence-corrected chi connectivity index (χ4v) is 2.15. The van der Waals surface area contributed by atoms with E-state index in [1.54, 1.807) is 0 Å². The van der Waals surface area contributed by atoms with E-state index in [0.29, 0.717) is 0 Å². The third-order valence-electron chi connectivity index (χ3n) is 3.70. The van der Waals surface area contributed by atoms with Crippen molar-refractivity contribution >= 4 is 23.3 Å². The summed E-state index contributed by atoms with van der Waals surface area (Å²) in [6.07, 6.45) is -0.178. The van der Waals surface area contributed by atoms with Crippen molar-refractivity contribution in [2.24, 2.45) is 0 Å². The molecule has 1 aromatic carbocycles. The van der Waals surface area contributed by atoms with Gasteiger partial charge in [-0.05, 0) is 13.8 Å². The number of nitrogens with zero attached hydrogens (tertiary/aromatic N) is 3. The maximum atomic E-state index is 12.8. The Balaban J connectivity index is 3.35. The first kappa shape index (κ1) is 21.0. The zero-order valence-corrected chi connectivity index (χ0v) is 14.5. The molecule has 0 atom stereocenters. The molecule has 0 bridgehead atoms. The second-order valence-corrected chi connectivity index (χ2v) is 6.01. The smallest absolute Gasteiger partial charge is 0.307 e. The van der Waals surface area contributed by atoms with Gasteiger partial charge in [0.2, 0.25) is 0 Å². The van der Waals surface area contributed by atoms with E-state index in [4.69, 9.17) is 0 Å². The van der Waals surface area contributed by atoms with Crippen LogP contribution >= 0.6 is 0 Å². The number of amides is 1. The monoisotopic (exact) mass is 369 g/mol. The summed E-state index contributed by atoms with van der Waals surface area (Å²) in [7, 11) is 1.18. The zero-order chi connectivity index (χ0) is 20.1. The first-order chi connectivity index (χ1) is 12.0. The molecule has 1 N–H and O–H groups in total. The van der Waals surface area contributed by atoms with Crippen LogP contribution in [0.5, 0.6) is 0 Å². The summed E-state index contributed by atoms with van der Waals surface area (Å²) in [5.41, 5.74) is -2.64. The van der Waals surface area contributed by atoms with Gasteiger partial charge in [0.25, 0.3) is 17.3 Å². The van der Waals surface area contributed by atoms with E-state index in [1.807, 2.05) is 0 Å². The molecule has 0 unspecified atom stereocenters. The van der Waals surface area contributed by atoms with Crippen LogP contribution in [0.3, 0.4) is 0 Å². The minimum atomic E-state index is -1.12. The van der Waals surface area contributed by atoms with Crippen LogP contribution in [0, 0.1) is 20.2 Å². The summed E-state index contributed by atoms with van der Waals surface area (Å²) in [5.74, 6) is -1.39. The van der Waals surface area contributed by atoms with Gasteiger partial charge in [0.15, 0.2) is 0 Å². The molecule has 0 spiro atoms. The van der Waals surface area contributed by atoms with Gasteiger partial charge >= 0.3 is 5.97 Å². The van der Waals surface area contributed by atoms with Crippen LogP contribution in [0.2, 0.25) is 0 Å². The maximum absolute atomic E-state index is 12.8. The Morgan fingerprint density at radius 3 is 2.04 bits per heavy atom. The number of nitro groups is 2. The third kappa shape index (κ3) is 4.96. The van der Waals surface area contributed by atoms with Gasteiger partial charge in [0.05, 0.1) is 47.2 Å². The van der Waals surface area contributed by atoms with Gasteiger partial charge in [-0.25, -0.2) is 0 Å². The van der Waals surface area contributed by atoms with E-state index in [-0.39, 0.29) is 18.5 Å². The molecule has 1 amide bonds. The predicted octanol–water partition coefficient (Wildman–Crippen LogP) is 1.28. The fraction of sp³-hybridized carbons (Fsp3) is 0.467. The molecular formula is C15H19N3O8. The van der Waals surface area contributed by atoms with Crippen molar-refractivity contribution in [2.45, 2.75) is 25.8 Å². The number of benzene rings is 1. The lowest BCUT2D eigenvalue weighted by atomic mass is 10.0. The molecule has 0 aliphatic carbocycles. The Bertz CT molecular complexity index is 699. The molecule has 142 valence electrons. The van der Waals surface area contributed by atoms with Gasteiger partial charge in [0.1, 0.15) is 0 Å². The molecule has 0 fully saturated rings. The summed E-state index contributed by atoms with van der Waals surface area (Å²) < 4.78 is 4.52. The molecule has 1 aromatic rings. The molecule has 1 rings (SSSR count). The number of non-ortho nitro benzene ring substituents is 2. The number of hydrogen-bond acceptors (Lipinski definition) is 8. The normalized spacial score (nSPS) is 10.9. The summed E-state index contributed by atoms with van der Waals surface area (Å²) >= 11 is 0. The highest BCUT2D eigenvalue weighted by atomic mass is 16.6. The lowest BCUT2D eigenvalue weighted by Gasteiger charge is -2.37. The van der Waals surface area contributed by atoms with E-state index in [9.17, 15) is 34.9 Å². The molecule has 0 saturated carbocycles. The summed E-state index contributed by atoms with van der Waals surface area (Å²) in [6.45, 7) is 2.44. The number of nitro benzene ring substituents is 2. The van der Waals surface area contributed by atoms with Crippen molar-refractivity contribution in [1.82, 2.24) is 4.90 Å². The molecular weight excluding hydrogens is 350 g/mol. The van der Waals surface area contributed by atoms with Gasteiger partial charge < -0.3 is 14.7 Å². The van der Waals surface area contributed by atoms with Gasteiger partial charge in [-0.15, -0.1) is 0 Å². The number of methoxy groups -OCH3 is 1. The Morgan fingerprint density at radius 2 is 1.65 bits per heavy atom. The molecule has 11 heteroatoms. The number of aliphatic hydroxyl groups is 1. The second-order valence-electron chi connectivity index (χ2n) is 6.01. The average molecular weight is 369 g/mol. The molecule has 0 aromatic heterocycles. The maximum Gasteiger partial charge on any atom is 0.307 e. The summed E-state index contributed by atoms with van der Waals surface area (Å²) in [5, 5.41) is 31.5. The number of rotatable bonds is 8. The molecule has 11 nitrogen and oxygen atoms in total. The number of esters is 1. The second kappa shape index (κ2) is 8.34. The summed E-state index contributed by atoms with van der Waals surface area (Å²) in [6, 6.07) is 2.56. The van der Waals surface area contributed by atoms with Crippen LogP contribution in [-0.2, 0) is 9.53 Å². The molecule has 0 heterocycles. The van der Waals surface area contributed by atoms with Crippen molar-refractivity contribution in [3.63, 3.8) is 0 Å². The van der Waals surface area contributed by atoms with Crippen LogP contribution in [0.1, 0.15) is 30.6 Å². The highest BCUT2D eigenvalue weighted by molar-refractivity contribution is 5.96. The molecule has 0 aliphatic rings. The van der Waals surface area contributed by atoms with Crippen LogP contribution in [0.15, 0.2) is 18.2 Å². The van der Waals surface area contributed by atoms with E-state index in [0.717, 1.165) is 23.1 Å². The van der Waals surface area contributed by atoms with Gasteiger partial charge in [0, 0.05) is 18.7 Å². The predicted molar refractivity (Wildman–Crippen MR) is 88.6 cm³/mol. The van der Waals surface area contributed by atoms with Gasteiger partial charge in [-0.2, -0.15) is 0 Å². The minimum Gasteiger partial charge on any atom is -0.469 e. The number of carbonyl (C=O) groups is 2. The first-order valence-corrected chi connectivity index (χ1v) is 7.47. The Labute approximate surface area is 148 Å². The van der Waals surface area contributed by atoms with E-state index in [2.05, 4.69) is 4.74 Å². The summed E-state index contributed by atoms with van der Waals surface area (Å²) in [4.78, 5) is 45.6. The molecule has 26 heavy (non-hydrogen) atoms. The average Bonchev–Trinajstić information content (AvgIpc) is 2.60. The Kier molecular flexibility index (Phi) is 6.72. The lowest BCUT2D eigenvalue weighted by molar-refractivity contribution is -0.394. The number of hydrogen-bond donors (Lipinski definition) is 1. The van der Waals surface area contributed by atoms with Gasteiger partial charge in [-0.3, -0.25) is 29.8 Å². The molecule has 0 aliphatic heterocycles. The van der Waals surface area contributed by atoms with Gasteiger partial charge in [-0.1, -0.05) is 0 Å².